The van der Waals surface area contributed by atoms with Crippen molar-refractivity contribution in [1.82, 2.24) is 19.9 Å². The van der Waals surface area contributed by atoms with E-state index in [1.165, 1.54) is 18.3 Å². The van der Waals surface area contributed by atoms with E-state index in [1.54, 1.807) is 4.90 Å². The quantitative estimate of drug-likeness (QED) is 0.453. The number of benzene rings is 1. The number of rotatable bonds is 4. The SMILES string of the molecule is CC1CCCCN1c1nc(-c2ccc(F)c(F)c2)nc(N2CCN(c3ncccc3C(F)(F)F)CC2)n1. The molecule has 3 aromatic rings. The van der Waals surface area contributed by atoms with Crippen LogP contribution in [0, 0.1) is 11.6 Å². The lowest BCUT2D eigenvalue weighted by Gasteiger charge is -2.37. The van der Waals surface area contributed by atoms with E-state index in [4.69, 9.17) is 4.98 Å². The molecule has 5 rings (SSSR count). The maximum absolute atomic E-state index is 14.0. The van der Waals surface area contributed by atoms with Crippen molar-refractivity contribution in [2.75, 3.05) is 47.4 Å². The molecule has 7 nitrogen and oxygen atoms in total. The van der Waals surface area contributed by atoms with Gasteiger partial charge in [-0.05, 0) is 56.5 Å². The molecule has 1 atom stereocenters. The molecule has 12 heteroatoms. The molecule has 1 unspecified atom stereocenters. The summed E-state index contributed by atoms with van der Waals surface area (Å²) in [4.78, 5) is 23.4. The van der Waals surface area contributed by atoms with E-state index in [-0.39, 0.29) is 30.8 Å². The Morgan fingerprint density at radius 3 is 2.27 bits per heavy atom. The fourth-order valence-electron chi connectivity index (χ4n) is 4.77. The van der Waals surface area contributed by atoms with Gasteiger partial charge in [-0.25, -0.2) is 13.8 Å². The summed E-state index contributed by atoms with van der Waals surface area (Å²) in [5.41, 5.74) is -0.457. The lowest BCUT2D eigenvalue weighted by molar-refractivity contribution is -0.137. The Hall–Kier alpha value is -3.57. The number of piperidine rings is 1. The van der Waals surface area contributed by atoms with Gasteiger partial charge in [-0.15, -0.1) is 0 Å². The van der Waals surface area contributed by atoms with Crippen LogP contribution in [0.2, 0.25) is 0 Å². The summed E-state index contributed by atoms with van der Waals surface area (Å²) in [5.74, 6) is -1.06. The van der Waals surface area contributed by atoms with Crippen LogP contribution < -0.4 is 14.7 Å². The van der Waals surface area contributed by atoms with Crippen molar-refractivity contribution in [1.29, 1.82) is 0 Å². The number of pyridine rings is 1. The van der Waals surface area contributed by atoms with Crippen LogP contribution in [0.4, 0.5) is 39.7 Å². The average Bonchev–Trinajstić information content (AvgIpc) is 2.90. The van der Waals surface area contributed by atoms with Gasteiger partial charge in [0.25, 0.3) is 0 Å². The van der Waals surface area contributed by atoms with E-state index in [0.717, 1.165) is 44.0 Å². The van der Waals surface area contributed by atoms with Gasteiger partial charge in [0, 0.05) is 50.5 Å². The molecular formula is C25H26F5N7. The Morgan fingerprint density at radius 1 is 0.838 bits per heavy atom. The van der Waals surface area contributed by atoms with Crippen LogP contribution in [0.15, 0.2) is 36.5 Å². The van der Waals surface area contributed by atoms with Crippen molar-refractivity contribution in [3.63, 3.8) is 0 Å². The van der Waals surface area contributed by atoms with Crippen molar-refractivity contribution in [3.8, 4) is 11.4 Å². The van der Waals surface area contributed by atoms with E-state index in [2.05, 4.69) is 26.8 Å². The van der Waals surface area contributed by atoms with Crippen LogP contribution in [0.3, 0.4) is 0 Å². The zero-order valence-corrected chi connectivity index (χ0v) is 20.2. The summed E-state index contributed by atoms with van der Waals surface area (Å²) in [6.45, 7) is 4.11. The second-order valence-corrected chi connectivity index (χ2v) is 9.27. The van der Waals surface area contributed by atoms with Crippen LogP contribution >= 0.6 is 0 Å². The number of anilines is 3. The fourth-order valence-corrected chi connectivity index (χ4v) is 4.77. The third-order valence-corrected chi connectivity index (χ3v) is 6.80. The van der Waals surface area contributed by atoms with Crippen LogP contribution in [0.5, 0.6) is 0 Å². The highest BCUT2D eigenvalue weighted by Crippen LogP contribution is 2.35. The van der Waals surface area contributed by atoms with Gasteiger partial charge in [-0.2, -0.15) is 28.1 Å². The molecule has 196 valence electrons. The summed E-state index contributed by atoms with van der Waals surface area (Å²) < 4.78 is 68.1. The Bertz CT molecular complexity index is 1260. The zero-order valence-electron chi connectivity index (χ0n) is 20.2. The van der Waals surface area contributed by atoms with Crippen molar-refractivity contribution in [2.45, 2.75) is 38.4 Å². The van der Waals surface area contributed by atoms with Gasteiger partial charge in [0.2, 0.25) is 11.9 Å². The first-order valence-electron chi connectivity index (χ1n) is 12.2. The number of piperazine rings is 1. The van der Waals surface area contributed by atoms with E-state index < -0.39 is 23.4 Å². The number of hydrogen-bond acceptors (Lipinski definition) is 7. The van der Waals surface area contributed by atoms with Gasteiger partial charge in [0.15, 0.2) is 17.5 Å². The molecule has 0 spiro atoms. The summed E-state index contributed by atoms with van der Waals surface area (Å²) in [5, 5.41) is 0. The lowest BCUT2D eigenvalue weighted by Crippen LogP contribution is -2.48. The first-order chi connectivity index (χ1) is 17.7. The van der Waals surface area contributed by atoms with Gasteiger partial charge in [-0.1, -0.05) is 0 Å². The Morgan fingerprint density at radius 2 is 1.57 bits per heavy atom. The van der Waals surface area contributed by atoms with Crippen LogP contribution in [-0.4, -0.2) is 58.7 Å². The maximum Gasteiger partial charge on any atom is 0.419 e. The van der Waals surface area contributed by atoms with E-state index in [1.807, 2.05) is 4.90 Å². The lowest BCUT2D eigenvalue weighted by atomic mass is 10.0. The van der Waals surface area contributed by atoms with Gasteiger partial charge in [0.1, 0.15) is 5.82 Å². The van der Waals surface area contributed by atoms with Crippen LogP contribution in [0.1, 0.15) is 31.7 Å². The van der Waals surface area contributed by atoms with Crippen molar-refractivity contribution < 1.29 is 22.0 Å². The minimum atomic E-state index is -4.51. The Kier molecular flexibility index (Phi) is 6.82. The number of halogens is 5. The van der Waals surface area contributed by atoms with Crippen molar-refractivity contribution in [2.24, 2.45) is 0 Å². The molecule has 0 aliphatic carbocycles. The first-order valence-corrected chi connectivity index (χ1v) is 12.2. The van der Waals surface area contributed by atoms with Crippen LogP contribution in [0.25, 0.3) is 11.4 Å². The smallest absolute Gasteiger partial charge is 0.353 e. The molecule has 2 aromatic heterocycles. The molecule has 2 aliphatic rings. The normalized spacial score (nSPS) is 18.9. The van der Waals surface area contributed by atoms with E-state index in [0.29, 0.717) is 30.5 Å². The second-order valence-electron chi connectivity index (χ2n) is 9.27. The average molecular weight is 520 g/mol. The molecule has 2 aliphatic heterocycles. The third-order valence-electron chi connectivity index (χ3n) is 6.80. The second kappa shape index (κ2) is 10.1. The van der Waals surface area contributed by atoms with Gasteiger partial charge in [0.05, 0.1) is 5.56 Å². The molecule has 2 fully saturated rings. The maximum atomic E-state index is 14.0. The highest BCUT2D eigenvalue weighted by atomic mass is 19.4. The first kappa shape index (κ1) is 25.1. The molecule has 0 N–H and O–H groups in total. The highest BCUT2D eigenvalue weighted by molar-refractivity contribution is 5.59. The van der Waals surface area contributed by atoms with Gasteiger partial charge >= 0.3 is 6.18 Å². The molecule has 0 radical (unpaired) electrons. The number of aromatic nitrogens is 4. The number of alkyl halides is 3. The minimum Gasteiger partial charge on any atom is -0.353 e. The van der Waals surface area contributed by atoms with Crippen LogP contribution in [-0.2, 0) is 6.18 Å². The van der Waals surface area contributed by atoms with Gasteiger partial charge < -0.3 is 14.7 Å². The zero-order chi connectivity index (χ0) is 26.2. The summed E-state index contributed by atoms with van der Waals surface area (Å²) in [6.07, 6.45) is -0.0968. The highest BCUT2D eigenvalue weighted by Gasteiger charge is 2.36. The third kappa shape index (κ3) is 5.28. The minimum absolute atomic E-state index is 0.101. The predicted octanol–water partition coefficient (Wildman–Crippen LogP) is 4.94. The van der Waals surface area contributed by atoms with E-state index >= 15 is 0 Å². The summed E-state index contributed by atoms with van der Waals surface area (Å²) in [6, 6.07) is 6.00. The molecule has 2 saturated heterocycles. The molecule has 4 heterocycles. The summed E-state index contributed by atoms with van der Waals surface area (Å²) in [7, 11) is 0. The molecule has 0 bridgehead atoms. The summed E-state index contributed by atoms with van der Waals surface area (Å²) >= 11 is 0. The monoisotopic (exact) mass is 519 g/mol. The predicted molar refractivity (Wildman–Crippen MR) is 130 cm³/mol. The van der Waals surface area contributed by atoms with Crippen molar-refractivity contribution >= 4 is 17.7 Å². The Balaban J connectivity index is 1.44. The van der Waals surface area contributed by atoms with Gasteiger partial charge in [-0.3, -0.25) is 0 Å². The molecule has 0 amide bonds. The number of hydrogen-bond donors (Lipinski definition) is 0. The largest absolute Gasteiger partial charge is 0.419 e. The standard InChI is InChI=1S/C25H26F5N7/c1-16-5-2-3-10-37(16)24-33-21(17-7-8-19(26)20(27)15-17)32-23(34-24)36-13-11-35(12-14-36)22-18(25(28,29)30)6-4-9-31-22/h4,6-9,15-16H,2-3,5,10-14H2,1H3. The molecule has 1 aromatic carbocycles. The molecule has 37 heavy (non-hydrogen) atoms. The topological polar surface area (TPSA) is 61.3 Å². The van der Waals surface area contributed by atoms with Crippen molar-refractivity contribution in [3.05, 3.63) is 53.7 Å². The number of nitrogens with zero attached hydrogens (tertiary/aromatic N) is 7. The molecule has 0 saturated carbocycles. The fraction of sp³-hybridized carbons (Fsp3) is 0.440. The van der Waals surface area contributed by atoms with E-state index in [9.17, 15) is 22.0 Å². The Labute approximate surface area is 211 Å². The molecular weight excluding hydrogens is 493 g/mol.